The summed E-state index contributed by atoms with van der Waals surface area (Å²) in [6.45, 7) is 14.3. The molecular weight excluding hydrogens is 435 g/mol. The van der Waals surface area contributed by atoms with E-state index in [-0.39, 0.29) is 0 Å². The van der Waals surface area contributed by atoms with Crippen molar-refractivity contribution in [3.63, 3.8) is 0 Å². The van der Waals surface area contributed by atoms with Crippen LogP contribution in [0.25, 0.3) is 0 Å². The van der Waals surface area contributed by atoms with Gasteiger partial charge in [-0.05, 0) is 126 Å². The highest BCUT2D eigenvalue weighted by atomic mass is 19.1. The van der Waals surface area contributed by atoms with Crippen LogP contribution < -0.4 is 0 Å². The van der Waals surface area contributed by atoms with Crippen LogP contribution in [0, 0.1) is 23.2 Å². The first-order valence-electron chi connectivity index (χ1n) is 14.5. The standard InChI is InChI=1S/C32H53FO2/c1-23-24(11-7-15-29(23)33)16-17-26-14-10-22-32(6)27(18-19-28(26)32)25(12-8-20-30(2,3)34)13-9-21-31(4,5)35/h16-17,25,27-29,34-35H,1,7-15,18-22H2,2-6H3/b24-16-,26-17+/t27?,28?,29-,32+/m0/s1. The first-order chi connectivity index (χ1) is 16.3. The van der Waals surface area contributed by atoms with Gasteiger partial charge >= 0.3 is 0 Å². The minimum absolute atomic E-state index is 0.322. The smallest absolute Gasteiger partial charge is 0.125 e. The zero-order valence-corrected chi connectivity index (χ0v) is 23.3. The SMILES string of the molecule is C=C1/C(=C\C=C2/CCC[C@@]3(C)C2CCC3C(CCCC(C)(C)O)CCCC(C)(C)O)CCC[C@@H]1F. The molecule has 0 spiro atoms. The summed E-state index contributed by atoms with van der Waals surface area (Å²) in [5, 5.41) is 20.6. The fraction of sp³-hybridized carbons (Fsp3) is 0.812. The van der Waals surface area contributed by atoms with Crippen molar-refractivity contribution in [2.45, 2.75) is 142 Å². The molecule has 0 aromatic carbocycles. The Morgan fingerprint density at radius 3 is 2.20 bits per heavy atom. The third-order valence-corrected chi connectivity index (χ3v) is 9.53. The van der Waals surface area contributed by atoms with E-state index < -0.39 is 17.4 Å². The zero-order valence-electron chi connectivity index (χ0n) is 23.3. The lowest BCUT2D eigenvalue weighted by Crippen LogP contribution is -2.37. The predicted molar refractivity (Wildman–Crippen MR) is 146 cm³/mol. The number of hydrogen-bond acceptors (Lipinski definition) is 2. The minimum atomic E-state index is -0.866. The van der Waals surface area contributed by atoms with Gasteiger partial charge in [-0.25, -0.2) is 4.39 Å². The summed E-state index contributed by atoms with van der Waals surface area (Å²) in [5.74, 6) is 1.98. The van der Waals surface area contributed by atoms with Gasteiger partial charge in [-0.2, -0.15) is 0 Å². The van der Waals surface area contributed by atoms with Crippen LogP contribution in [0.3, 0.4) is 0 Å². The van der Waals surface area contributed by atoms with E-state index in [9.17, 15) is 14.6 Å². The largest absolute Gasteiger partial charge is 0.390 e. The Morgan fingerprint density at radius 2 is 1.60 bits per heavy atom. The van der Waals surface area contributed by atoms with Crippen LogP contribution in [-0.2, 0) is 0 Å². The molecule has 200 valence electrons. The Morgan fingerprint density at radius 1 is 0.971 bits per heavy atom. The van der Waals surface area contributed by atoms with Crippen LogP contribution in [-0.4, -0.2) is 27.6 Å². The van der Waals surface area contributed by atoms with E-state index in [4.69, 9.17) is 0 Å². The van der Waals surface area contributed by atoms with Crippen LogP contribution >= 0.6 is 0 Å². The zero-order chi connectivity index (χ0) is 25.9. The van der Waals surface area contributed by atoms with Gasteiger partial charge in [-0.15, -0.1) is 0 Å². The average molecular weight is 489 g/mol. The predicted octanol–water partition coefficient (Wildman–Crippen LogP) is 8.63. The van der Waals surface area contributed by atoms with Crippen molar-refractivity contribution in [2.24, 2.45) is 23.2 Å². The molecule has 3 rings (SSSR count). The Labute approximate surface area is 215 Å². The van der Waals surface area contributed by atoms with Crippen molar-refractivity contribution >= 4 is 0 Å². The second-order valence-corrected chi connectivity index (χ2v) is 13.6. The highest BCUT2D eigenvalue weighted by Gasteiger charge is 2.51. The molecule has 3 saturated carbocycles. The van der Waals surface area contributed by atoms with Gasteiger partial charge in [0.1, 0.15) is 6.17 Å². The van der Waals surface area contributed by atoms with E-state index in [1.54, 1.807) is 5.57 Å². The van der Waals surface area contributed by atoms with Gasteiger partial charge in [0, 0.05) is 0 Å². The molecule has 2 unspecified atom stereocenters. The second-order valence-electron chi connectivity index (χ2n) is 13.6. The number of alkyl halides is 1. The fourth-order valence-electron chi connectivity index (χ4n) is 7.60. The van der Waals surface area contributed by atoms with Crippen LogP contribution in [0.4, 0.5) is 4.39 Å². The third-order valence-electron chi connectivity index (χ3n) is 9.53. The molecule has 0 heterocycles. The normalized spacial score (nSPS) is 32.6. The van der Waals surface area contributed by atoms with Crippen molar-refractivity contribution in [3.05, 3.63) is 35.5 Å². The molecule has 0 aromatic heterocycles. The second kappa shape index (κ2) is 11.6. The van der Waals surface area contributed by atoms with Gasteiger partial charge in [0.25, 0.3) is 0 Å². The van der Waals surface area contributed by atoms with Gasteiger partial charge in [-0.3, -0.25) is 0 Å². The summed E-state index contributed by atoms with van der Waals surface area (Å²) in [4.78, 5) is 0. The summed E-state index contributed by atoms with van der Waals surface area (Å²) in [6.07, 6.45) is 18.6. The number of rotatable bonds is 10. The Hall–Kier alpha value is -0.930. The quantitative estimate of drug-likeness (QED) is 0.323. The molecule has 0 radical (unpaired) electrons. The monoisotopic (exact) mass is 488 g/mol. The molecule has 0 bridgehead atoms. The van der Waals surface area contributed by atoms with E-state index >= 15 is 0 Å². The molecule has 2 N–H and O–H groups in total. The van der Waals surface area contributed by atoms with Crippen molar-refractivity contribution in [1.82, 2.24) is 0 Å². The number of hydrogen-bond donors (Lipinski definition) is 2. The van der Waals surface area contributed by atoms with E-state index in [1.165, 1.54) is 44.9 Å². The average Bonchev–Trinajstić information content (AvgIpc) is 3.09. The van der Waals surface area contributed by atoms with Crippen LogP contribution in [0.2, 0.25) is 0 Å². The Balaban J connectivity index is 1.75. The number of halogens is 1. The molecule has 35 heavy (non-hydrogen) atoms. The lowest BCUT2D eigenvalue weighted by molar-refractivity contribution is 0.0480. The number of aliphatic hydroxyl groups is 2. The molecule has 3 heteroatoms. The maximum atomic E-state index is 14.2. The summed E-state index contributed by atoms with van der Waals surface area (Å²) in [7, 11) is 0. The van der Waals surface area contributed by atoms with Gasteiger partial charge in [-0.1, -0.05) is 56.9 Å². The molecule has 4 atom stereocenters. The highest BCUT2D eigenvalue weighted by Crippen LogP contribution is 2.60. The lowest BCUT2D eigenvalue weighted by atomic mass is 9.60. The van der Waals surface area contributed by atoms with Gasteiger partial charge in [0.2, 0.25) is 0 Å². The van der Waals surface area contributed by atoms with Gasteiger partial charge in [0.15, 0.2) is 0 Å². The third kappa shape index (κ3) is 7.78. The fourth-order valence-corrected chi connectivity index (χ4v) is 7.60. The van der Waals surface area contributed by atoms with E-state index in [0.29, 0.717) is 35.2 Å². The van der Waals surface area contributed by atoms with Crippen LogP contribution in [0.5, 0.6) is 0 Å². The van der Waals surface area contributed by atoms with Crippen LogP contribution in [0.15, 0.2) is 35.5 Å². The van der Waals surface area contributed by atoms with Gasteiger partial charge < -0.3 is 10.2 Å². The number of fused-ring (bicyclic) bond motifs is 1. The minimum Gasteiger partial charge on any atom is -0.390 e. The van der Waals surface area contributed by atoms with Crippen molar-refractivity contribution in [2.75, 3.05) is 0 Å². The summed E-state index contributed by atoms with van der Waals surface area (Å²) in [5.41, 5.74) is 2.52. The maximum absolute atomic E-state index is 14.2. The topological polar surface area (TPSA) is 40.5 Å². The lowest BCUT2D eigenvalue weighted by Gasteiger charge is -2.45. The molecule has 0 saturated heterocycles. The molecule has 0 aliphatic heterocycles. The van der Waals surface area contributed by atoms with E-state index in [0.717, 1.165) is 44.1 Å². The molecule has 3 aliphatic rings. The Bertz CT molecular complexity index is 760. The highest BCUT2D eigenvalue weighted by molar-refractivity contribution is 5.38. The molecule has 3 aliphatic carbocycles. The van der Waals surface area contributed by atoms with Gasteiger partial charge in [0.05, 0.1) is 11.2 Å². The Kier molecular flexibility index (Phi) is 9.52. The van der Waals surface area contributed by atoms with Crippen molar-refractivity contribution < 1.29 is 14.6 Å². The summed E-state index contributed by atoms with van der Waals surface area (Å²) < 4.78 is 14.2. The summed E-state index contributed by atoms with van der Waals surface area (Å²) >= 11 is 0. The van der Waals surface area contributed by atoms with E-state index in [2.05, 4.69) is 25.7 Å². The molecular formula is C32H53FO2. The first-order valence-corrected chi connectivity index (χ1v) is 14.5. The summed E-state index contributed by atoms with van der Waals surface area (Å²) in [6, 6.07) is 0. The maximum Gasteiger partial charge on any atom is 0.125 e. The molecule has 2 nitrogen and oxygen atoms in total. The number of allylic oxidation sites excluding steroid dienone is 5. The first kappa shape index (κ1) is 28.6. The molecule has 3 fully saturated rings. The van der Waals surface area contributed by atoms with Crippen LogP contribution in [0.1, 0.15) is 125 Å². The van der Waals surface area contributed by atoms with E-state index in [1.807, 2.05) is 27.7 Å². The van der Waals surface area contributed by atoms with Crippen molar-refractivity contribution in [3.8, 4) is 0 Å². The molecule has 0 amide bonds. The molecule has 0 aromatic rings. The van der Waals surface area contributed by atoms with Crippen molar-refractivity contribution in [1.29, 1.82) is 0 Å².